The number of ketones is 1. The molecule has 0 spiro atoms. The molecule has 2 aliphatic heterocycles. The van der Waals surface area contributed by atoms with Crippen molar-refractivity contribution in [2.45, 2.75) is 12.5 Å². The van der Waals surface area contributed by atoms with Crippen molar-refractivity contribution in [3.8, 4) is 5.75 Å². The molecule has 2 aliphatic rings. The average molecular weight is 233 g/mol. The van der Waals surface area contributed by atoms with Crippen LogP contribution in [0.4, 0.5) is 0 Å². The van der Waals surface area contributed by atoms with Crippen molar-refractivity contribution in [2.75, 3.05) is 26.4 Å². The van der Waals surface area contributed by atoms with Crippen LogP contribution in [0.1, 0.15) is 15.9 Å². The molecule has 0 aromatic heterocycles. The van der Waals surface area contributed by atoms with Crippen LogP contribution in [0.5, 0.6) is 5.75 Å². The second-order valence-corrected chi connectivity index (χ2v) is 4.34. The predicted molar refractivity (Wildman–Crippen MR) is 62.6 cm³/mol. The molecule has 4 nitrogen and oxygen atoms in total. The molecule has 1 saturated heterocycles. The van der Waals surface area contributed by atoms with Crippen LogP contribution in [0, 0.1) is 0 Å². The van der Waals surface area contributed by atoms with Gasteiger partial charge in [-0.15, -0.1) is 0 Å². The lowest BCUT2D eigenvalue weighted by Crippen LogP contribution is -2.46. The molecule has 0 aliphatic carbocycles. The molecule has 17 heavy (non-hydrogen) atoms. The number of para-hydroxylation sites is 1. The van der Waals surface area contributed by atoms with Gasteiger partial charge < -0.3 is 14.8 Å². The van der Waals surface area contributed by atoms with Crippen molar-refractivity contribution < 1.29 is 14.3 Å². The predicted octanol–water partition coefficient (Wildman–Crippen LogP) is 0.793. The summed E-state index contributed by atoms with van der Waals surface area (Å²) in [5.74, 6) is 0.841. The molecule has 0 bridgehead atoms. The van der Waals surface area contributed by atoms with E-state index in [2.05, 4.69) is 5.32 Å². The lowest BCUT2D eigenvalue weighted by atomic mass is 10.00. The Labute approximate surface area is 99.9 Å². The highest BCUT2D eigenvalue weighted by molar-refractivity contribution is 6.03. The molecule has 0 saturated carbocycles. The normalized spacial score (nSPS) is 22.9. The Hall–Kier alpha value is -1.39. The summed E-state index contributed by atoms with van der Waals surface area (Å²) in [5, 5.41) is 3.18. The number of Topliss-reactive ketones (excluding diaryl/α,β-unsaturated/α-hetero) is 1. The monoisotopic (exact) mass is 233 g/mol. The highest BCUT2D eigenvalue weighted by Gasteiger charge is 2.27. The van der Waals surface area contributed by atoms with E-state index in [1.54, 1.807) is 0 Å². The fourth-order valence-electron chi connectivity index (χ4n) is 2.33. The number of nitrogens with one attached hydrogen (secondary N) is 1. The van der Waals surface area contributed by atoms with Crippen LogP contribution < -0.4 is 10.1 Å². The third-order valence-corrected chi connectivity index (χ3v) is 3.22. The van der Waals surface area contributed by atoms with Gasteiger partial charge in [-0.05, 0) is 11.6 Å². The zero-order valence-electron chi connectivity index (χ0n) is 9.57. The Morgan fingerprint density at radius 2 is 2.29 bits per heavy atom. The number of rotatable bonds is 2. The molecule has 0 radical (unpaired) electrons. The van der Waals surface area contributed by atoms with E-state index in [0.29, 0.717) is 25.4 Å². The molecule has 3 rings (SSSR count). The number of carbonyl (C=O) groups is 1. The first-order valence-corrected chi connectivity index (χ1v) is 5.96. The third kappa shape index (κ3) is 1.94. The summed E-state index contributed by atoms with van der Waals surface area (Å²) >= 11 is 0. The molecule has 1 unspecified atom stereocenters. The minimum absolute atomic E-state index is 0.0726. The minimum atomic E-state index is -0.237. The fraction of sp³-hybridized carbons (Fsp3) is 0.462. The van der Waals surface area contributed by atoms with E-state index in [1.165, 1.54) is 0 Å². The van der Waals surface area contributed by atoms with Gasteiger partial charge in [-0.2, -0.15) is 0 Å². The summed E-state index contributed by atoms with van der Waals surface area (Å²) in [6, 6.07) is 5.54. The van der Waals surface area contributed by atoms with E-state index in [4.69, 9.17) is 9.47 Å². The molecule has 2 heterocycles. The Balaban J connectivity index is 1.88. The lowest BCUT2D eigenvalue weighted by Gasteiger charge is -2.23. The number of morpholine rings is 1. The highest BCUT2D eigenvalue weighted by atomic mass is 16.5. The highest BCUT2D eigenvalue weighted by Crippen LogP contribution is 2.30. The Bertz CT molecular complexity index is 438. The van der Waals surface area contributed by atoms with Crippen molar-refractivity contribution >= 4 is 5.78 Å². The molecular weight excluding hydrogens is 218 g/mol. The van der Waals surface area contributed by atoms with Crippen LogP contribution in [0.15, 0.2) is 18.2 Å². The first-order chi connectivity index (χ1) is 8.36. The number of ether oxygens (including phenoxy) is 2. The van der Waals surface area contributed by atoms with Gasteiger partial charge in [0, 0.05) is 13.0 Å². The smallest absolute Gasteiger partial charge is 0.185 e. The van der Waals surface area contributed by atoms with Gasteiger partial charge in [0.1, 0.15) is 5.75 Å². The van der Waals surface area contributed by atoms with E-state index in [-0.39, 0.29) is 11.8 Å². The standard InChI is InChI=1S/C13H15NO3/c15-12(11-8-16-7-5-14-11)10-3-1-2-9-4-6-17-13(9)10/h1-3,11,14H,4-8H2. The van der Waals surface area contributed by atoms with Crippen LogP contribution in [-0.2, 0) is 11.2 Å². The number of benzene rings is 1. The van der Waals surface area contributed by atoms with Gasteiger partial charge >= 0.3 is 0 Å². The zero-order chi connectivity index (χ0) is 11.7. The molecular formula is C13H15NO3. The van der Waals surface area contributed by atoms with Crippen molar-refractivity contribution in [1.29, 1.82) is 0 Å². The molecule has 0 amide bonds. The maximum Gasteiger partial charge on any atom is 0.185 e. The van der Waals surface area contributed by atoms with Gasteiger partial charge in [0.25, 0.3) is 0 Å². The van der Waals surface area contributed by atoms with Gasteiger partial charge in [-0.25, -0.2) is 0 Å². The van der Waals surface area contributed by atoms with Crippen molar-refractivity contribution in [3.63, 3.8) is 0 Å². The summed E-state index contributed by atoms with van der Waals surface area (Å²) in [7, 11) is 0. The number of hydrogen-bond donors (Lipinski definition) is 1. The van der Waals surface area contributed by atoms with Gasteiger partial charge in [-0.3, -0.25) is 4.79 Å². The van der Waals surface area contributed by atoms with Crippen LogP contribution in [0.2, 0.25) is 0 Å². The average Bonchev–Trinajstić information content (AvgIpc) is 2.87. The third-order valence-electron chi connectivity index (χ3n) is 3.22. The topological polar surface area (TPSA) is 47.6 Å². The van der Waals surface area contributed by atoms with E-state index in [1.807, 2.05) is 18.2 Å². The molecule has 1 atom stereocenters. The molecule has 1 aromatic carbocycles. The second-order valence-electron chi connectivity index (χ2n) is 4.34. The van der Waals surface area contributed by atoms with Crippen molar-refractivity contribution in [1.82, 2.24) is 5.32 Å². The number of carbonyl (C=O) groups excluding carboxylic acids is 1. The first-order valence-electron chi connectivity index (χ1n) is 5.96. The lowest BCUT2D eigenvalue weighted by molar-refractivity contribution is 0.0605. The van der Waals surface area contributed by atoms with E-state index < -0.39 is 0 Å². The largest absolute Gasteiger partial charge is 0.492 e. The minimum Gasteiger partial charge on any atom is -0.492 e. The van der Waals surface area contributed by atoms with Gasteiger partial charge in [0.15, 0.2) is 5.78 Å². The summed E-state index contributed by atoms with van der Waals surface area (Å²) in [5.41, 5.74) is 1.82. The van der Waals surface area contributed by atoms with Gasteiger partial charge in [0.2, 0.25) is 0 Å². The SMILES string of the molecule is O=C(c1cccc2c1OCC2)C1COCCN1. The van der Waals surface area contributed by atoms with E-state index in [9.17, 15) is 4.79 Å². The Morgan fingerprint density at radius 3 is 3.12 bits per heavy atom. The number of hydrogen-bond acceptors (Lipinski definition) is 4. The first kappa shape index (κ1) is 10.7. The molecule has 1 fully saturated rings. The summed E-state index contributed by atoms with van der Waals surface area (Å²) in [4.78, 5) is 12.3. The maximum absolute atomic E-state index is 12.3. The van der Waals surface area contributed by atoms with Gasteiger partial charge in [-0.1, -0.05) is 12.1 Å². The second kappa shape index (κ2) is 4.47. The maximum atomic E-state index is 12.3. The van der Waals surface area contributed by atoms with Gasteiger partial charge in [0.05, 0.1) is 31.4 Å². The van der Waals surface area contributed by atoms with Crippen molar-refractivity contribution in [2.24, 2.45) is 0 Å². The van der Waals surface area contributed by atoms with E-state index in [0.717, 1.165) is 24.3 Å². The van der Waals surface area contributed by atoms with Crippen molar-refractivity contribution in [3.05, 3.63) is 29.3 Å². The summed E-state index contributed by atoms with van der Waals surface area (Å²) in [6.07, 6.45) is 0.894. The summed E-state index contributed by atoms with van der Waals surface area (Å²) < 4.78 is 10.9. The van der Waals surface area contributed by atoms with E-state index >= 15 is 0 Å². The quantitative estimate of drug-likeness (QED) is 0.767. The van der Waals surface area contributed by atoms with Crippen LogP contribution in [0.3, 0.4) is 0 Å². The summed E-state index contributed by atoms with van der Waals surface area (Å²) in [6.45, 7) is 2.52. The van der Waals surface area contributed by atoms with Crippen LogP contribution in [-0.4, -0.2) is 38.2 Å². The Kier molecular flexibility index (Phi) is 2.82. The molecule has 4 heteroatoms. The molecule has 1 N–H and O–H groups in total. The molecule has 90 valence electrons. The van der Waals surface area contributed by atoms with Crippen LogP contribution in [0.25, 0.3) is 0 Å². The zero-order valence-corrected chi connectivity index (χ0v) is 9.57. The molecule has 1 aromatic rings. The fourth-order valence-corrected chi connectivity index (χ4v) is 2.33. The van der Waals surface area contributed by atoms with Crippen LogP contribution >= 0.6 is 0 Å². The number of fused-ring (bicyclic) bond motifs is 1. The Morgan fingerprint density at radius 1 is 1.35 bits per heavy atom.